The maximum absolute atomic E-state index is 5.55. The standard InChI is InChI=1S/C40H96Br2Si8/c1-33(2,3)45(29,34(4,5)6)49(41,46(30,35(7,8)9)36(10,11)12)43(25,26)44(27,28)50(42,47(31,37(13,14)15)38(16,17)18)48(32,39(19,20)21)40(22,23)24/h1-32H3. The highest BCUT2D eigenvalue weighted by atomic mass is 79.9. The molecule has 0 aliphatic heterocycles. The van der Waals surface area contributed by atoms with Gasteiger partial charge in [-0.25, -0.2) is 0 Å². The lowest BCUT2D eigenvalue weighted by Gasteiger charge is -2.78. The number of hydrogen-bond donors (Lipinski definition) is 0. The molecule has 0 amide bonds. The van der Waals surface area contributed by atoms with Crippen LogP contribution < -0.4 is 0 Å². The summed E-state index contributed by atoms with van der Waals surface area (Å²) < 4.78 is 0. The third kappa shape index (κ3) is 6.60. The van der Waals surface area contributed by atoms with Crippen molar-refractivity contribution in [1.29, 1.82) is 0 Å². The summed E-state index contributed by atoms with van der Waals surface area (Å²) in [5.74, 6) is 0. The molecule has 0 radical (unpaired) electrons. The van der Waals surface area contributed by atoms with Crippen molar-refractivity contribution in [2.24, 2.45) is 0 Å². The van der Waals surface area contributed by atoms with Crippen LogP contribution in [0.25, 0.3) is 0 Å². The van der Waals surface area contributed by atoms with Gasteiger partial charge in [-0.1, -0.05) is 219 Å². The van der Waals surface area contributed by atoms with Crippen molar-refractivity contribution >= 4 is 85.7 Å². The van der Waals surface area contributed by atoms with Crippen LogP contribution in [0.5, 0.6) is 0 Å². The molecule has 0 saturated heterocycles. The fourth-order valence-electron chi connectivity index (χ4n) is 13.0. The lowest BCUT2D eigenvalue weighted by atomic mass is 10.2. The second-order valence-electron chi connectivity index (χ2n) is 27.1. The van der Waals surface area contributed by atoms with Crippen LogP contribution in [0.2, 0.25) is 92.7 Å². The van der Waals surface area contributed by atoms with E-state index in [-0.39, 0.29) is 40.3 Å². The van der Waals surface area contributed by atoms with Crippen LogP contribution in [0.4, 0.5) is 0 Å². The fraction of sp³-hybridized carbons (Fsp3) is 1.00. The van der Waals surface area contributed by atoms with E-state index in [4.69, 9.17) is 30.6 Å². The normalized spacial score (nSPS) is 17.4. The zero-order valence-corrected chi connectivity index (χ0v) is 51.9. The van der Waals surface area contributed by atoms with Gasteiger partial charge < -0.3 is 0 Å². The molecule has 0 unspecified atom stereocenters. The summed E-state index contributed by atoms with van der Waals surface area (Å²) in [6, 6.07) is 0. The molecule has 0 rings (SSSR count). The summed E-state index contributed by atoms with van der Waals surface area (Å²) in [5.41, 5.74) is 0. The van der Waals surface area contributed by atoms with Gasteiger partial charge in [0.2, 0.25) is 0 Å². The van der Waals surface area contributed by atoms with Gasteiger partial charge in [-0.15, -0.1) is 30.6 Å². The molecule has 0 fully saturated rings. The van der Waals surface area contributed by atoms with E-state index in [0.29, 0.717) is 0 Å². The predicted octanol–water partition coefficient (Wildman–Crippen LogP) is 17.3. The van der Waals surface area contributed by atoms with Crippen LogP contribution >= 0.6 is 30.6 Å². The molecule has 0 bridgehead atoms. The first-order valence-corrected chi connectivity index (χ1v) is 51.6. The van der Waals surface area contributed by atoms with Gasteiger partial charge in [0.1, 0.15) is 10.5 Å². The molecule has 0 aromatic carbocycles. The third-order valence-electron chi connectivity index (χ3n) is 18.0. The van der Waals surface area contributed by atoms with Gasteiger partial charge in [-0.2, -0.15) is 0 Å². The summed E-state index contributed by atoms with van der Waals surface area (Å²) in [7, 11) is -12.9. The Morgan fingerprint density at radius 1 is 0.220 bits per heavy atom. The van der Waals surface area contributed by atoms with Crippen molar-refractivity contribution in [3.63, 3.8) is 0 Å². The Morgan fingerprint density at radius 3 is 0.360 bits per heavy atom. The van der Waals surface area contributed by atoms with E-state index in [1.807, 2.05) is 0 Å². The number of halogens is 2. The van der Waals surface area contributed by atoms with E-state index in [0.717, 1.165) is 0 Å². The van der Waals surface area contributed by atoms with Gasteiger partial charge in [-0.3, -0.25) is 0 Å². The van der Waals surface area contributed by atoms with E-state index < -0.39 is 55.1 Å². The highest BCUT2D eigenvalue weighted by Crippen LogP contribution is 2.73. The topological polar surface area (TPSA) is 0 Å². The smallest absolute Gasteiger partial charge is 0.108 e. The second-order valence-corrected chi connectivity index (χ2v) is 130. The average Bonchev–Trinajstić information content (AvgIpc) is 2.79. The Kier molecular flexibility index (Phi) is 14.4. The highest BCUT2D eigenvalue weighted by molar-refractivity contribution is 9.33. The fourth-order valence-corrected chi connectivity index (χ4v) is 386. The zero-order chi connectivity index (χ0) is 42.0. The second kappa shape index (κ2) is 13.6. The Balaban J connectivity index is 10.1. The van der Waals surface area contributed by atoms with E-state index in [9.17, 15) is 0 Å². The van der Waals surface area contributed by atoms with Crippen LogP contribution in [0.15, 0.2) is 0 Å². The minimum atomic E-state index is -2.33. The van der Waals surface area contributed by atoms with E-state index >= 15 is 0 Å². The van der Waals surface area contributed by atoms with Gasteiger partial charge in [0.05, 0.1) is 30.4 Å². The number of rotatable bonds is 7. The molecule has 0 N–H and O–H groups in total. The van der Waals surface area contributed by atoms with Gasteiger partial charge in [0.15, 0.2) is 0 Å². The molecular weight excluding hydrogens is 865 g/mol. The first-order chi connectivity index (χ1) is 20.8. The number of hydrogen-bond acceptors (Lipinski definition) is 0. The van der Waals surface area contributed by atoms with Crippen molar-refractivity contribution < 1.29 is 0 Å². The Morgan fingerprint density at radius 2 is 0.300 bits per heavy atom. The zero-order valence-electron chi connectivity index (χ0n) is 40.8. The lowest BCUT2D eigenvalue weighted by molar-refractivity contribution is 0.624. The van der Waals surface area contributed by atoms with Crippen LogP contribution in [0.3, 0.4) is 0 Å². The molecule has 0 heterocycles. The van der Waals surface area contributed by atoms with Crippen molar-refractivity contribution in [1.82, 2.24) is 0 Å². The van der Waals surface area contributed by atoms with Crippen LogP contribution in [0, 0.1) is 0 Å². The predicted molar refractivity (Wildman–Crippen MR) is 269 cm³/mol. The molecule has 0 aromatic rings. The first kappa shape index (κ1) is 52.7. The molecule has 0 atom stereocenters. The largest absolute Gasteiger partial charge is 0.136 e. The third-order valence-corrected chi connectivity index (χ3v) is 249. The molecule has 0 spiro atoms. The SMILES string of the molecule is CC(C)(C)[Si](C)(C(C)(C)C)[Si](Br)([Si](C)(C(C)(C)C)C(C)(C)C)[Si](C)(C)[Si](C)(C)[Si](Br)([Si](C)(C(C)(C)C)C(C)(C)C)[Si](C)(C(C)(C)C)C(C)(C)C. The molecule has 10 heteroatoms. The highest BCUT2D eigenvalue weighted by Gasteiger charge is 2.86. The van der Waals surface area contributed by atoms with E-state index in [1.165, 1.54) is 0 Å². The van der Waals surface area contributed by atoms with Crippen molar-refractivity contribution in [2.45, 2.75) is 259 Å². The first-order valence-electron chi connectivity index (χ1n) is 20.1. The van der Waals surface area contributed by atoms with Gasteiger partial charge in [0, 0.05) is 14.2 Å². The summed E-state index contributed by atoms with van der Waals surface area (Å²) in [5, 5.41) is -2.42. The van der Waals surface area contributed by atoms with Crippen LogP contribution in [-0.4, -0.2) is 55.1 Å². The molecule has 0 aromatic heterocycles. The van der Waals surface area contributed by atoms with Crippen LogP contribution in [-0.2, 0) is 0 Å². The monoisotopic (exact) mass is 958 g/mol. The average molecular weight is 962 g/mol. The summed E-state index contributed by atoms with van der Waals surface area (Å²) in [6.07, 6.45) is 0. The minimum Gasteiger partial charge on any atom is -0.136 e. The van der Waals surface area contributed by atoms with Crippen LogP contribution in [0.1, 0.15) is 166 Å². The van der Waals surface area contributed by atoms with Gasteiger partial charge >= 0.3 is 0 Å². The molecule has 302 valence electrons. The molecule has 0 nitrogen and oxygen atoms in total. The Bertz CT molecular complexity index is 984. The summed E-state index contributed by atoms with van der Waals surface area (Å²) in [6.45, 7) is 89.3. The Hall–Kier alpha value is 2.70. The molecule has 0 saturated carbocycles. The van der Waals surface area contributed by atoms with Gasteiger partial charge in [-0.05, 0) is 40.3 Å². The molecular formula is C40H96Br2Si8. The maximum Gasteiger partial charge on any atom is 0.108 e. The van der Waals surface area contributed by atoms with Gasteiger partial charge in [0.25, 0.3) is 0 Å². The quantitative estimate of drug-likeness (QED) is 0.176. The van der Waals surface area contributed by atoms with Crippen molar-refractivity contribution in [3.8, 4) is 0 Å². The van der Waals surface area contributed by atoms with Crippen molar-refractivity contribution in [3.05, 3.63) is 0 Å². The summed E-state index contributed by atoms with van der Waals surface area (Å²) in [4.78, 5) is 0. The molecule has 0 aliphatic carbocycles. The Labute approximate surface area is 341 Å². The van der Waals surface area contributed by atoms with Crippen molar-refractivity contribution in [2.75, 3.05) is 0 Å². The van der Waals surface area contributed by atoms with E-state index in [2.05, 4.69) is 219 Å². The molecule has 0 aliphatic rings. The maximum atomic E-state index is 5.55. The molecule has 50 heavy (non-hydrogen) atoms. The van der Waals surface area contributed by atoms with E-state index in [1.54, 1.807) is 0 Å². The minimum absolute atomic E-state index is 0.278. The lowest BCUT2D eigenvalue weighted by Crippen LogP contribution is -3.01. The summed E-state index contributed by atoms with van der Waals surface area (Å²) >= 11 is 11.1.